The van der Waals surface area contributed by atoms with E-state index >= 15 is 0 Å². The predicted molar refractivity (Wildman–Crippen MR) is 76.3 cm³/mol. The maximum absolute atomic E-state index is 12.1. The Balaban J connectivity index is 2.87. The molecule has 104 valence electrons. The van der Waals surface area contributed by atoms with E-state index in [-0.39, 0.29) is 11.7 Å². The zero-order valence-corrected chi connectivity index (χ0v) is 11.4. The zero-order chi connectivity index (χ0) is 14.3. The van der Waals surface area contributed by atoms with E-state index in [4.69, 9.17) is 10.9 Å². The third-order valence-electron chi connectivity index (χ3n) is 2.99. The van der Waals surface area contributed by atoms with Gasteiger partial charge < -0.3 is 16.3 Å². The molecule has 0 aromatic heterocycles. The highest BCUT2D eigenvalue weighted by Crippen LogP contribution is 2.18. The van der Waals surface area contributed by atoms with E-state index < -0.39 is 5.92 Å². The van der Waals surface area contributed by atoms with Crippen LogP contribution in [0.2, 0.25) is 0 Å². The van der Waals surface area contributed by atoms with Gasteiger partial charge in [0.05, 0.1) is 5.92 Å². The van der Waals surface area contributed by atoms with Crippen LogP contribution >= 0.6 is 0 Å². The van der Waals surface area contributed by atoms with Gasteiger partial charge in [-0.05, 0) is 24.5 Å². The van der Waals surface area contributed by atoms with Gasteiger partial charge in [0.25, 0.3) is 0 Å². The van der Waals surface area contributed by atoms with Gasteiger partial charge in [0, 0.05) is 5.69 Å². The molecule has 0 radical (unpaired) electrons. The third-order valence-corrected chi connectivity index (χ3v) is 2.99. The second-order valence-corrected chi connectivity index (χ2v) is 4.38. The fraction of sp³-hybridized carbons (Fsp3) is 0.429. The summed E-state index contributed by atoms with van der Waals surface area (Å²) in [7, 11) is 0. The van der Waals surface area contributed by atoms with Gasteiger partial charge in [-0.1, -0.05) is 43.6 Å². The molecule has 0 aliphatic rings. The molecule has 1 amide bonds. The summed E-state index contributed by atoms with van der Waals surface area (Å²) in [5, 5.41) is 14.4. The number of oxime groups is 1. The fourth-order valence-corrected chi connectivity index (χ4v) is 1.95. The first-order chi connectivity index (χ1) is 9.13. The number of carbonyl (C=O) groups excluding carboxylic acids is 1. The summed E-state index contributed by atoms with van der Waals surface area (Å²) in [6.07, 6.45) is 2.39. The Labute approximate surface area is 113 Å². The van der Waals surface area contributed by atoms with Crippen LogP contribution in [0.25, 0.3) is 0 Å². The molecule has 0 saturated carbocycles. The molecule has 1 aromatic rings. The van der Waals surface area contributed by atoms with Crippen molar-refractivity contribution in [1.29, 1.82) is 0 Å². The number of nitrogens with two attached hydrogens (primary N) is 1. The lowest BCUT2D eigenvalue weighted by Gasteiger charge is -2.15. The maximum Gasteiger partial charge on any atom is 0.235 e. The summed E-state index contributed by atoms with van der Waals surface area (Å²) < 4.78 is 0. The zero-order valence-electron chi connectivity index (χ0n) is 11.4. The normalized spacial score (nSPS) is 13.1. The van der Waals surface area contributed by atoms with Crippen molar-refractivity contribution in [3.8, 4) is 0 Å². The van der Waals surface area contributed by atoms with Gasteiger partial charge in [-0.2, -0.15) is 0 Å². The summed E-state index contributed by atoms with van der Waals surface area (Å²) in [5.74, 6) is -0.922. The molecule has 5 nitrogen and oxygen atoms in total. The minimum Gasteiger partial charge on any atom is -0.409 e. The highest BCUT2D eigenvalue weighted by atomic mass is 16.4. The number of carbonyl (C=O) groups is 1. The minimum atomic E-state index is -0.611. The summed E-state index contributed by atoms with van der Waals surface area (Å²) in [5.41, 5.74) is 7.40. The Bertz CT molecular complexity index is 458. The van der Waals surface area contributed by atoms with Crippen molar-refractivity contribution < 1.29 is 10.0 Å². The van der Waals surface area contributed by atoms with E-state index in [2.05, 4.69) is 17.4 Å². The van der Waals surface area contributed by atoms with E-state index in [9.17, 15) is 4.79 Å². The number of amidine groups is 1. The number of nitrogens with zero attached hydrogens (tertiary/aromatic N) is 1. The van der Waals surface area contributed by atoms with E-state index in [1.54, 1.807) is 0 Å². The van der Waals surface area contributed by atoms with Crippen LogP contribution in [0.1, 0.15) is 32.3 Å². The monoisotopic (exact) mass is 263 g/mol. The number of hydrogen-bond acceptors (Lipinski definition) is 3. The average Bonchev–Trinajstić information content (AvgIpc) is 2.41. The Morgan fingerprint density at radius 1 is 1.42 bits per heavy atom. The van der Waals surface area contributed by atoms with Crippen LogP contribution in [0.5, 0.6) is 0 Å². The quantitative estimate of drug-likeness (QED) is 0.318. The first-order valence-corrected chi connectivity index (χ1v) is 6.50. The van der Waals surface area contributed by atoms with Gasteiger partial charge in [0.2, 0.25) is 5.91 Å². The molecule has 1 unspecified atom stereocenters. The molecule has 0 bridgehead atoms. The second kappa shape index (κ2) is 7.41. The van der Waals surface area contributed by atoms with Crippen LogP contribution in [-0.2, 0) is 11.2 Å². The number of anilines is 1. The highest BCUT2D eigenvalue weighted by molar-refractivity contribution is 6.07. The Morgan fingerprint density at radius 3 is 2.68 bits per heavy atom. The SMILES string of the molecule is CCCc1ccccc1NC(=O)C(CC)C(N)=NO. The van der Waals surface area contributed by atoms with Crippen LogP contribution < -0.4 is 11.1 Å². The van der Waals surface area contributed by atoms with Gasteiger partial charge >= 0.3 is 0 Å². The molecule has 0 heterocycles. The predicted octanol–water partition coefficient (Wildman–Crippen LogP) is 2.35. The molecule has 1 rings (SSSR count). The molecule has 0 aliphatic carbocycles. The van der Waals surface area contributed by atoms with E-state index in [0.717, 1.165) is 24.1 Å². The van der Waals surface area contributed by atoms with E-state index in [1.165, 1.54) is 0 Å². The van der Waals surface area contributed by atoms with Crippen molar-refractivity contribution in [3.63, 3.8) is 0 Å². The van der Waals surface area contributed by atoms with Gasteiger partial charge in [0.1, 0.15) is 0 Å². The lowest BCUT2D eigenvalue weighted by Crippen LogP contribution is -2.34. The number of amides is 1. The van der Waals surface area contributed by atoms with Crippen LogP contribution in [0.15, 0.2) is 29.4 Å². The number of hydrogen-bond donors (Lipinski definition) is 3. The third kappa shape index (κ3) is 3.98. The first kappa shape index (κ1) is 15.0. The first-order valence-electron chi connectivity index (χ1n) is 6.50. The Hall–Kier alpha value is -2.04. The summed E-state index contributed by atoms with van der Waals surface area (Å²) in [6.45, 7) is 3.91. The second-order valence-electron chi connectivity index (χ2n) is 4.38. The molecule has 4 N–H and O–H groups in total. The van der Waals surface area contributed by atoms with Crippen LogP contribution in [0.3, 0.4) is 0 Å². The maximum atomic E-state index is 12.1. The number of nitrogens with one attached hydrogen (secondary N) is 1. The van der Waals surface area contributed by atoms with Crippen LogP contribution in [0, 0.1) is 5.92 Å². The standard InChI is InChI=1S/C14H21N3O2/c1-3-7-10-8-5-6-9-12(10)16-14(18)11(4-2)13(15)17-19/h5-6,8-9,11,19H,3-4,7H2,1-2H3,(H2,15,17)(H,16,18). The molecule has 5 heteroatoms. The van der Waals surface area contributed by atoms with Gasteiger partial charge in [0.15, 0.2) is 5.84 Å². The fourth-order valence-electron chi connectivity index (χ4n) is 1.95. The van der Waals surface area contributed by atoms with Crippen molar-refractivity contribution in [2.24, 2.45) is 16.8 Å². The van der Waals surface area contributed by atoms with Gasteiger partial charge in [-0.25, -0.2) is 0 Å². The number of rotatable bonds is 6. The highest BCUT2D eigenvalue weighted by Gasteiger charge is 2.21. The molecule has 0 fully saturated rings. The van der Waals surface area contributed by atoms with Gasteiger partial charge in [-0.3, -0.25) is 4.79 Å². The summed E-state index contributed by atoms with van der Waals surface area (Å²) >= 11 is 0. The lowest BCUT2D eigenvalue weighted by atomic mass is 10.0. The number of para-hydroxylation sites is 1. The Kier molecular flexibility index (Phi) is 5.85. The molecular formula is C14H21N3O2. The molecule has 1 aromatic carbocycles. The van der Waals surface area contributed by atoms with Crippen LogP contribution in [-0.4, -0.2) is 17.0 Å². The molecular weight excluding hydrogens is 242 g/mol. The van der Waals surface area contributed by atoms with Crippen molar-refractivity contribution in [2.45, 2.75) is 33.1 Å². The topological polar surface area (TPSA) is 87.7 Å². The molecule has 0 spiro atoms. The van der Waals surface area contributed by atoms with Crippen molar-refractivity contribution in [1.82, 2.24) is 0 Å². The smallest absolute Gasteiger partial charge is 0.235 e. The minimum absolute atomic E-state index is 0.0621. The summed E-state index contributed by atoms with van der Waals surface area (Å²) in [6, 6.07) is 7.67. The molecule has 1 atom stereocenters. The average molecular weight is 263 g/mol. The lowest BCUT2D eigenvalue weighted by molar-refractivity contribution is -0.118. The van der Waals surface area contributed by atoms with E-state index in [0.29, 0.717) is 6.42 Å². The Morgan fingerprint density at radius 2 is 2.11 bits per heavy atom. The van der Waals surface area contributed by atoms with Crippen molar-refractivity contribution in [3.05, 3.63) is 29.8 Å². The molecule has 19 heavy (non-hydrogen) atoms. The van der Waals surface area contributed by atoms with Gasteiger partial charge in [-0.15, -0.1) is 0 Å². The summed E-state index contributed by atoms with van der Waals surface area (Å²) in [4.78, 5) is 12.1. The van der Waals surface area contributed by atoms with Crippen molar-refractivity contribution in [2.75, 3.05) is 5.32 Å². The van der Waals surface area contributed by atoms with Crippen molar-refractivity contribution >= 4 is 17.4 Å². The number of aryl methyl sites for hydroxylation is 1. The largest absolute Gasteiger partial charge is 0.409 e. The number of benzene rings is 1. The van der Waals surface area contributed by atoms with Crippen LogP contribution in [0.4, 0.5) is 5.69 Å². The van der Waals surface area contributed by atoms with E-state index in [1.807, 2.05) is 31.2 Å². The molecule has 0 aliphatic heterocycles. The molecule has 0 saturated heterocycles.